The van der Waals surface area contributed by atoms with E-state index >= 15 is 0 Å². The maximum absolute atomic E-state index is 6.17. The van der Waals surface area contributed by atoms with Gasteiger partial charge in [-0.1, -0.05) is 49.9 Å². The fraction of sp³-hybridized carbons (Fsp3) is 0.429. The highest BCUT2D eigenvalue weighted by Crippen LogP contribution is 2.23. The average Bonchev–Trinajstić information content (AvgIpc) is 2.82. The van der Waals surface area contributed by atoms with Gasteiger partial charge in [0, 0.05) is 18.7 Å². The monoisotopic (exact) mass is 277 g/mol. The zero-order chi connectivity index (χ0) is 13.8. The second kappa shape index (κ2) is 6.21. The lowest BCUT2D eigenvalue weighted by molar-refractivity contribution is 0.429. The van der Waals surface area contributed by atoms with Crippen molar-refractivity contribution in [3.63, 3.8) is 0 Å². The summed E-state index contributed by atoms with van der Waals surface area (Å²) in [4.78, 5) is 0. The summed E-state index contributed by atoms with van der Waals surface area (Å²) in [6.45, 7) is 6.15. The molecule has 2 rings (SSSR count). The fourth-order valence-electron chi connectivity index (χ4n) is 1.72. The van der Waals surface area contributed by atoms with Crippen LogP contribution in [0, 0.1) is 6.92 Å². The van der Waals surface area contributed by atoms with E-state index in [1.165, 1.54) is 17.3 Å². The molecule has 5 heteroatoms. The van der Waals surface area contributed by atoms with Crippen molar-refractivity contribution < 1.29 is 4.42 Å². The van der Waals surface area contributed by atoms with Crippen LogP contribution in [0.2, 0.25) is 0 Å². The number of benzene rings is 1. The Balaban J connectivity index is 1.94. The summed E-state index contributed by atoms with van der Waals surface area (Å²) >= 11 is 1.49. The SMILES string of the molecule is Cc1nnc(SCC(N)c2ccc(C(C)C)cc2)o1. The molecule has 1 atom stereocenters. The zero-order valence-electron chi connectivity index (χ0n) is 11.5. The molecule has 0 saturated carbocycles. The normalized spacial score (nSPS) is 12.9. The predicted molar refractivity (Wildman–Crippen MR) is 77.2 cm³/mol. The fourth-order valence-corrected chi connectivity index (χ4v) is 2.51. The van der Waals surface area contributed by atoms with E-state index in [2.05, 4.69) is 48.3 Å². The highest BCUT2D eigenvalue weighted by atomic mass is 32.2. The summed E-state index contributed by atoms with van der Waals surface area (Å²) in [6.07, 6.45) is 0. The Morgan fingerprint density at radius 1 is 1.16 bits per heavy atom. The van der Waals surface area contributed by atoms with E-state index in [4.69, 9.17) is 10.2 Å². The third kappa shape index (κ3) is 3.81. The summed E-state index contributed by atoms with van der Waals surface area (Å²) < 4.78 is 5.31. The van der Waals surface area contributed by atoms with Gasteiger partial charge in [-0.05, 0) is 17.0 Å². The van der Waals surface area contributed by atoms with Gasteiger partial charge >= 0.3 is 0 Å². The summed E-state index contributed by atoms with van der Waals surface area (Å²) in [7, 11) is 0. The van der Waals surface area contributed by atoms with E-state index in [9.17, 15) is 0 Å². The molecule has 0 aliphatic heterocycles. The van der Waals surface area contributed by atoms with Crippen molar-refractivity contribution in [3.8, 4) is 0 Å². The second-order valence-corrected chi connectivity index (χ2v) is 5.80. The topological polar surface area (TPSA) is 64.9 Å². The van der Waals surface area contributed by atoms with Crippen molar-refractivity contribution in [2.75, 3.05) is 5.75 Å². The van der Waals surface area contributed by atoms with E-state index in [-0.39, 0.29) is 6.04 Å². The number of thioether (sulfide) groups is 1. The molecule has 2 N–H and O–H groups in total. The van der Waals surface area contributed by atoms with Gasteiger partial charge in [-0.15, -0.1) is 10.2 Å². The summed E-state index contributed by atoms with van der Waals surface area (Å²) in [5, 5.41) is 8.31. The van der Waals surface area contributed by atoms with Crippen LogP contribution in [0.1, 0.15) is 42.8 Å². The van der Waals surface area contributed by atoms with Crippen molar-refractivity contribution in [2.45, 2.75) is 38.0 Å². The van der Waals surface area contributed by atoms with Crippen LogP contribution in [0.4, 0.5) is 0 Å². The number of nitrogens with zero attached hydrogens (tertiary/aromatic N) is 2. The molecule has 0 saturated heterocycles. The van der Waals surface area contributed by atoms with Crippen LogP contribution in [0.15, 0.2) is 33.9 Å². The van der Waals surface area contributed by atoms with Gasteiger partial charge in [-0.25, -0.2) is 0 Å². The molecule has 4 nitrogen and oxygen atoms in total. The molecule has 0 aliphatic rings. The van der Waals surface area contributed by atoms with Crippen molar-refractivity contribution >= 4 is 11.8 Å². The molecule has 1 unspecified atom stereocenters. The first kappa shape index (κ1) is 14.1. The number of aromatic nitrogens is 2. The van der Waals surface area contributed by atoms with Gasteiger partial charge in [0.15, 0.2) is 0 Å². The Hall–Kier alpha value is -1.33. The van der Waals surface area contributed by atoms with E-state index in [1.54, 1.807) is 6.92 Å². The van der Waals surface area contributed by atoms with E-state index in [1.807, 2.05) is 0 Å². The highest BCUT2D eigenvalue weighted by molar-refractivity contribution is 7.99. The lowest BCUT2D eigenvalue weighted by atomic mass is 10.00. The number of hydrogen-bond acceptors (Lipinski definition) is 5. The number of rotatable bonds is 5. The summed E-state index contributed by atoms with van der Waals surface area (Å²) in [6, 6.07) is 8.44. The molecule has 1 heterocycles. The largest absolute Gasteiger partial charge is 0.416 e. The van der Waals surface area contributed by atoms with Crippen LogP contribution in [-0.4, -0.2) is 16.0 Å². The zero-order valence-corrected chi connectivity index (χ0v) is 12.3. The lowest BCUT2D eigenvalue weighted by Crippen LogP contribution is -2.13. The van der Waals surface area contributed by atoms with Gasteiger partial charge in [-0.3, -0.25) is 0 Å². The first-order chi connectivity index (χ1) is 9.06. The number of aryl methyl sites for hydroxylation is 1. The van der Waals surface area contributed by atoms with Crippen molar-refractivity contribution in [3.05, 3.63) is 41.3 Å². The van der Waals surface area contributed by atoms with Gasteiger partial charge in [0.1, 0.15) is 0 Å². The van der Waals surface area contributed by atoms with Crippen molar-refractivity contribution in [1.29, 1.82) is 0 Å². The molecule has 19 heavy (non-hydrogen) atoms. The molecule has 1 aromatic heterocycles. The Morgan fingerprint density at radius 2 is 1.79 bits per heavy atom. The van der Waals surface area contributed by atoms with Crippen LogP contribution < -0.4 is 5.73 Å². The number of hydrogen-bond donors (Lipinski definition) is 1. The molecule has 0 fully saturated rings. The maximum atomic E-state index is 6.17. The van der Waals surface area contributed by atoms with Gasteiger partial charge in [0.2, 0.25) is 5.89 Å². The molecule has 1 aromatic carbocycles. The van der Waals surface area contributed by atoms with E-state index in [0.29, 0.717) is 17.0 Å². The van der Waals surface area contributed by atoms with Gasteiger partial charge in [0.05, 0.1) is 0 Å². The third-order valence-electron chi connectivity index (χ3n) is 2.93. The van der Waals surface area contributed by atoms with Crippen molar-refractivity contribution in [1.82, 2.24) is 10.2 Å². The molecule has 0 bridgehead atoms. The Bertz CT molecular complexity index is 522. The summed E-state index contributed by atoms with van der Waals surface area (Å²) in [5.74, 6) is 1.85. The average molecular weight is 277 g/mol. The third-order valence-corrected chi connectivity index (χ3v) is 3.86. The van der Waals surface area contributed by atoms with Crippen LogP contribution in [0.5, 0.6) is 0 Å². The van der Waals surface area contributed by atoms with Crippen LogP contribution in [0.25, 0.3) is 0 Å². The van der Waals surface area contributed by atoms with Crippen LogP contribution >= 0.6 is 11.8 Å². The lowest BCUT2D eigenvalue weighted by Gasteiger charge is -2.12. The van der Waals surface area contributed by atoms with Gasteiger partial charge in [-0.2, -0.15) is 0 Å². The van der Waals surface area contributed by atoms with Gasteiger partial charge in [0.25, 0.3) is 5.22 Å². The molecular weight excluding hydrogens is 258 g/mol. The Kier molecular flexibility index (Phi) is 4.61. The first-order valence-corrected chi connectivity index (χ1v) is 7.33. The first-order valence-electron chi connectivity index (χ1n) is 6.34. The molecule has 2 aromatic rings. The standard InChI is InChI=1S/C14H19N3OS/c1-9(2)11-4-6-12(7-5-11)13(15)8-19-14-17-16-10(3)18-14/h4-7,9,13H,8,15H2,1-3H3. The van der Waals surface area contributed by atoms with Gasteiger partial charge < -0.3 is 10.2 Å². The molecule has 0 spiro atoms. The van der Waals surface area contributed by atoms with Crippen LogP contribution in [0.3, 0.4) is 0 Å². The predicted octanol–water partition coefficient (Wildman–Crippen LogP) is 3.29. The second-order valence-electron chi connectivity index (χ2n) is 4.83. The number of nitrogens with two attached hydrogens (primary N) is 1. The minimum absolute atomic E-state index is 0.0292. The van der Waals surface area contributed by atoms with E-state index in [0.717, 1.165) is 11.3 Å². The van der Waals surface area contributed by atoms with E-state index < -0.39 is 0 Å². The Labute approximate surface area is 117 Å². The molecular formula is C14H19N3OS. The molecule has 0 aliphatic carbocycles. The highest BCUT2D eigenvalue weighted by Gasteiger charge is 2.10. The Morgan fingerprint density at radius 3 is 2.32 bits per heavy atom. The smallest absolute Gasteiger partial charge is 0.276 e. The maximum Gasteiger partial charge on any atom is 0.276 e. The molecule has 0 radical (unpaired) electrons. The molecule has 102 valence electrons. The molecule has 0 amide bonds. The minimum Gasteiger partial charge on any atom is -0.416 e. The van der Waals surface area contributed by atoms with Crippen molar-refractivity contribution in [2.24, 2.45) is 5.73 Å². The summed E-state index contributed by atoms with van der Waals surface area (Å²) in [5.41, 5.74) is 8.63. The van der Waals surface area contributed by atoms with Crippen LogP contribution in [-0.2, 0) is 0 Å². The quantitative estimate of drug-likeness (QED) is 0.849. The minimum atomic E-state index is -0.0292.